The predicted molar refractivity (Wildman–Crippen MR) is 67.6 cm³/mol. The van der Waals surface area contributed by atoms with Crippen LogP contribution in [0, 0.1) is 3.57 Å². The van der Waals surface area contributed by atoms with E-state index < -0.39 is 0 Å². The van der Waals surface area contributed by atoms with Crippen molar-refractivity contribution in [1.82, 2.24) is 4.57 Å². The average Bonchev–Trinajstić information content (AvgIpc) is 2.18. The predicted octanol–water partition coefficient (Wildman–Crippen LogP) is 3.03. The Balaban J connectivity index is 2.49. The normalized spacial score (nSPS) is 10.4. The third kappa shape index (κ3) is 3.82. The molecule has 0 saturated carbocycles. The van der Waals surface area contributed by atoms with E-state index >= 15 is 0 Å². The van der Waals surface area contributed by atoms with E-state index in [0.29, 0.717) is 0 Å². The molecule has 3 heteroatoms. The van der Waals surface area contributed by atoms with Gasteiger partial charge in [-0.3, -0.25) is 4.79 Å². The van der Waals surface area contributed by atoms with Crippen LogP contribution in [-0.4, -0.2) is 4.57 Å². The molecule has 14 heavy (non-hydrogen) atoms. The SMILES string of the molecule is CCCCCCn1cc(I)ccc1=O. The molecule has 78 valence electrons. The molecule has 0 aromatic carbocycles. The zero-order chi connectivity index (χ0) is 10.4. The van der Waals surface area contributed by atoms with Gasteiger partial charge < -0.3 is 4.57 Å². The van der Waals surface area contributed by atoms with Crippen LogP contribution >= 0.6 is 22.6 Å². The van der Waals surface area contributed by atoms with E-state index in [0.717, 1.165) is 16.5 Å². The van der Waals surface area contributed by atoms with Crippen LogP contribution in [0.5, 0.6) is 0 Å². The van der Waals surface area contributed by atoms with Crippen LogP contribution in [-0.2, 0) is 6.54 Å². The fourth-order valence-electron chi connectivity index (χ4n) is 1.39. The van der Waals surface area contributed by atoms with Crippen molar-refractivity contribution in [2.75, 3.05) is 0 Å². The molecular weight excluding hydrogens is 289 g/mol. The molecule has 0 spiro atoms. The summed E-state index contributed by atoms with van der Waals surface area (Å²) >= 11 is 2.23. The van der Waals surface area contributed by atoms with E-state index in [2.05, 4.69) is 29.5 Å². The molecule has 0 fully saturated rings. The number of pyridine rings is 1. The molecule has 1 rings (SSSR count). The third-order valence-electron chi connectivity index (χ3n) is 2.20. The molecule has 0 aliphatic heterocycles. The number of nitrogens with zero attached hydrogens (tertiary/aromatic N) is 1. The molecule has 2 nitrogen and oxygen atoms in total. The van der Waals surface area contributed by atoms with Gasteiger partial charge in [0.05, 0.1) is 0 Å². The highest BCUT2D eigenvalue weighted by molar-refractivity contribution is 14.1. The van der Waals surface area contributed by atoms with Crippen molar-refractivity contribution < 1.29 is 0 Å². The molecule has 0 bridgehead atoms. The summed E-state index contributed by atoms with van der Waals surface area (Å²) in [5.74, 6) is 0. The molecule has 1 heterocycles. The molecule has 1 aromatic heterocycles. The van der Waals surface area contributed by atoms with Crippen LogP contribution in [0.2, 0.25) is 0 Å². The first-order valence-corrected chi connectivity index (χ1v) is 6.18. The number of hydrogen-bond donors (Lipinski definition) is 0. The van der Waals surface area contributed by atoms with Gasteiger partial charge in [0, 0.05) is 22.4 Å². The zero-order valence-corrected chi connectivity index (χ0v) is 10.7. The molecule has 0 amide bonds. The van der Waals surface area contributed by atoms with Crippen LogP contribution in [0.3, 0.4) is 0 Å². The second-order valence-electron chi connectivity index (χ2n) is 3.44. The minimum atomic E-state index is 0.113. The summed E-state index contributed by atoms with van der Waals surface area (Å²) in [4.78, 5) is 11.4. The van der Waals surface area contributed by atoms with Crippen LogP contribution in [0.15, 0.2) is 23.1 Å². The van der Waals surface area contributed by atoms with Gasteiger partial charge >= 0.3 is 0 Å². The summed E-state index contributed by atoms with van der Waals surface area (Å²) in [5, 5.41) is 0. The van der Waals surface area contributed by atoms with Gasteiger partial charge in [0.1, 0.15) is 0 Å². The van der Waals surface area contributed by atoms with Crippen molar-refractivity contribution in [2.24, 2.45) is 0 Å². The second-order valence-corrected chi connectivity index (χ2v) is 4.69. The summed E-state index contributed by atoms with van der Waals surface area (Å²) < 4.78 is 2.93. The number of hydrogen-bond acceptors (Lipinski definition) is 1. The number of aromatic nitrogens is 1. The molecule has 0 unspecified atom stereocenters. The van der Waals surface area contributed by atoms with E-state index in [1.165, 1.54) is 19.3 Å². The highest BCUT2D eigenvalue weighted by Crippen LogP contribution is 2.03. The molecule has 0 N–H and O–H groups in total. The summed E-state index contributed by atoms with van der Waals surface area (Å²) in [7, 11) is 0. The van der Waals surface area contributed by atoms with Gasteiger partial charge in [0.15, 0.2) is 0 Å². The lowest BCUT2D eigenvalue weighted by Crippen LogP contribution is -2.18. The van der Waals surface area contributed by atoms with Gasteiger partial charge in [-0.2, -0.15) is 0 Å². The third-order valence-corrected chi connectivity index (χ3v) is 2.84. The number of aryl methyl sites for hydroxylation is 1. The van der Waals surface area contributed by atoms with Gasteiger partial charge in [-0.1, -0.05) is 26.2 Å². The maximum Gasteiger partial charge on any atom is 0.250 e. The van der Waals surface area contributed by atoms with Crippen LogP contribution in [0.25, 0.3) is 0 Å². The van der Waals surface area contributed by atoms with E-state index in [1.54, 1.807) is 10.6 Å². The lowest BCUT2D eigenvalue weighted by molar-refractivity contribution is 0.569. The molecular formula is C11H16INO. The Morgan fingerprint density at radius 1 is 1.29 bits per heavy atom. The standard InChI is InChI=1S/C11H16INO/c1-2-3-4-5-8-13-9-10(12)6-7-11(13)14/h6-7,9H,2-5,8H2,1H3. The number of unbranched alkanes of at least 4 members (excludes halogenated alkanes) is 3. The molecule has 1 aromatic rings. The Hall–Kier alpha value is -0.320. The van der Waals surface area contributed by atoms with Crippen LogP contribution in [0.1, 0.15) is 32.6 Å². The van der Waals surface area contributed by atoms with Gasteiger partial charge in [-0.15, -0.1) is 0 Å². The summed E-state index contributed by atoms with van der Waals surface area (Å²) in [6.07, 6.45) is 6.75. The van der Waals surface area contributed by atoms with Crippen molar-refractivity contribution in [1.29, 1.82) is 0 Å². The molecule has 0 aliphatic carbocycles. The maximum absolute atomic E-state index is 11.4. The smallest absolute Gasteiger partial charge is 0.250 e. The van der Waals surface area contributed by atoms with Crippen molar-refractivity contribution in [3.63, 3.8) is 0 Å². The molecule has 0 radical (unpaired) electrons. The first kappa shape index (κ1) is 11.8. The Bertz CT molecular complexity index is 332. The highest BCUT2D eigenvalue weighted by atomic mass is 127. The van der Waals surface area contributed by atoms with Crippen molar-refractivity contribution in [3.05, 3.63) is 32.3 Å². The van der Waals surface area contributed by atoms with Gasteiger partial charge in [-0.05, 0) is 35.1 Å². The second kappa shape index (κ2) is 6.22. The zero-order valence-electron chi connectivity index (χ0n) is 8.50. The largest absolute Gasteiger partial charge is 0.314 e. The van der Waals surface area contributed by atoms with Crippen LogP contribution in [0.4, 0.5) is 0 Å². The number of rotatable bonds is 5. The van der Waals surface area contributed by atoms with E-state index in [4.69, 9.17) is 0 Å². The lowest BCUT2D eigenvalue weighted by Gasteiger charge is -2.04. The fraction of sp³-hybridized carbons (Fsp3) is 0.545. The van der Waals surface area contributed by atoms with Gasteiger partial charge in [0.2, 0.25) is 0 Å². The summed E-state index contributed by atoms with van der Waals surface area (Å²) in [5.41, 5.74) is 0.113. The first-order valence-electron chi connectivity index (χ1n) is 5.10. The van der Waals surface area contributed by atoms with E-state index in [-0.39, 0.29) is 5.56 Å². The Morgan fingerprint density at radius 3 is 2.79 bits per heavy atom. The Labute approximate surface area is 98.5 Å². The Kier molecular flexibility index (Phi) is 5.22. The minimum absolute atomic E-state index is 0.113. The van der Waals surface area contributed by atoms with Crippen molar-refractivity contribution >= 4 is 22.6 Å². The lowest BCUT2D eigenvalue weighted by atomic mass is 10.2. The Morgan fingerprint density at radius 2 is 2.07 bits per heavy atom. The average molecular weight is 305 g/mol. The summed E-state index contributed by atoms with van der Waals surface area (Å²) in [6.45, 7) is 3.05. The molecule has 0 saturated heterocycles. The first-order chi connectivity index (χ1) is 6.74. The van der Waals surface area contributed by atoms with Gasteiger partial charge in [0.25, 0.3) is 5.56 Å². The number of halogens is 1. The maximum atomic E-state index is 11.4. The van der Waals surface area contributed by atoms with Crippen molar-refractivity contribution in [3.8, 4) is 0 Å². The summed E-state index contributed by atoms with van der Waals surface area (Å²) in [6, 6.07) is 3.49. The van der Waals surface area contributed by atoms with E-state index in [1.807, 2.05) is 12.3 Å². The monoisotopic (exact) mass is 305 g/mol. The topological polar surface area (TPSA) is 22.0 Å². The molecule has 0 aliphatic rings. The highest BCUT2D eigenvalue weighted by Gasteiger charge is 1.96. The minimum Gasteiger partial charge on any atom is -0.314 e. The fourth-order valence-corrected chi connectivity index (χ4v) is 1.90. The van der Waals surface area contributed by atoms with Gasteiger partial charge in [-0.25, -0.2) is 0 Å². The van der Waals surface area contributed by atoms with Crippen LogP contribution < -0.4 is 5.56 Å². The van der Waals surface area contributed by atoms with E-state index in [9.17, 15) is 4.79 Å². The molecule has 0 atom stereocenters. The quantitative estimate of drug-likeness (QED) is 0.605. The van der Waals surface area contributed by atoms with Crippen molar-refractivity contribution in [2.45, 2.75) is 39.2 Å².